The van der Waals surface area contributed by atoms with Crippen molar-refractivity contribution in [2.45, 2.75) is 39.0 Å². The summed E-state index contributed by atoms with van der Waals surface area (Å²) in [6.45, 7) is 2.04. The predicted octanol–water partition coefficient (Wildman–Crippen LogP) is 4.53. The minimum atomic E-state index is -0.882. The molecule has 1 amide bonds. The summed E-state index contributed by atoms with van der Waals surface area (Å²) >= 11 is 1.40. The van der Waals surface area contributed by atoms with Crippen LogP contribution < -0.4 is 5.32 Å². The zero-order valence-corrected chi connectivity index (χ0v) is 13.9. The van der Waals surface area contributed by atoms with Gasteiger partial charge in [0.15, 0.2) is 5.13 Å². The van der Waals surface area contributed by atoms with Crippen molar-refractivity contribution >= 4 is 22.4 Å². The maximum absolute atomic E-state index is 12.6. The van der Waals surface area contributed by atoms with Gasteiger partial charge in [0, 0.05) is 10.9 Å². The first-order chi connectivity index (χ1) is 11.1. The summed E-state index contributed by atoms with van der Waals surface area (Å²) in [7, 11) is 0. The molecule has 1 aliphatic carbocycles. The average molecular weight is 325 g/mol. The summed E-state index contributed by atoms with van der Waals surface area (Å²) in [5.74, 6) is -0.203. The molecule has 0 saturated heterocycles. The van der Waals surface area contributed by atoms with Crippen molar-refractivity contribution in [3.05, 3.63) is 35.2 Å². The maximum atomic E-state index is 12.6. The van der Waals surface area contributed by atoms with Gasteiger partial charge in [-0.15, -0.1) is 11.3 Å². The highest BCUT2D eigenvalue weighted by Gasteiger charge is 2.40. The number of nitriles is 1. The van der Waals surface area contributed by atoms with E-state index >= 15 is 0 Å². The molecule has 1 heterocycles. The second-order valence-corrected chi connectivity index (χ2v) is 6.92. The van der Waals surface area contributed by atoms with E-state index in [9.17, 15) is 10.1 Å². The van der Waals surface area contributed by atoms with Gasteiger partial charge < -0.3 is 5.32 Å². The van der Waals surface area contributed by atoms with Crippen LogP contribution in [0.5, 0.6) is 0 Å². The molecule has 1 saturated carbocycles. The molecule has 0 atom stereocenters. The van der Waals surface area contributed by atoms with E-state index in [-0.39, 0.29) is 5.91 Å². The lowest BCUT2D eigenvalue weighted by Crippen LogP contribution is -2.36. The monoisotopic (exact) mass is 325 g/mol. The minimum absolute atomic E-state index is 0.203. The number of amides is 1. The Hall–Kier alpha value is -2.19. The Morgan fingerprint density at radius 2 is 2.04 bits per heavy atom. The van der Waals surface area contributed by atoms with Crippen molar-refractivity contribution in [2.75, 3.05) is 5.32 Å². The van der Waals surface area contributed by atoms with Crippen molar-refractivity contribution in [1.29, 1.82) is 5.26 Å². The number of benzene rings is 1. The van der Waals surface area contributed by atoms with Crippen molar-refractivity contribution in [1.82, 2.24) is 4.98 Å². The molecule has 0 radical (unpaired) electrons. The molecular formula is C18H19N3OS. The molecule has 23 heavy (non-hydrogen) atoms. The smallest absolute Gasteiger partial charge is 0.246 e. The number of carbonyl (C=O) groups is 1. The van der Waals surface area contributed by atoms with E-state index in [1.54, 1.807) is 0 Å². The molecule has 0 aliphatic heterocycles. The number of aromatic nitrogens is 1. The number of hydrogen-bond acceptors (Lipinski definition) is 4. The van der Waals surface area contributed by atoms with Crippen LogP contribution in [0.25, 0.3) is 11.3 Å². The largest absolute Gasteiger partial charge is 0.301 e. The van der Waals surface area contributed by atoms with Crippen LogP contribution in [-0.4, -0.2) is 10.9 Å². The van der Waals surface area contributed by atoms with Crippen LogP contribution in [0, 0.1) is 23.7 Å². The lowest BCUT2D eigenvalue weighted by Gasteiger charge is -2.28. The summed E-state index contributed by atoms with van der Waals surface area (Å²) in [5, 5.41) is 14.8. The van der Waals surface area contributed by atoms with Gasteiger partial charge in [0.1, 0.15) is 5.41 Å². The van der Waals surface area contributed by atoms with E-state index in [1.807, 2.05) is 36.6 Å². The molecule has 1 aliphatic rings. The molecule has 2 aromatic rings. The minimum Gasteiger partial charge on any atom is -0.301 e. The van der Waals surface area contributed by atoms with Gasteiger partial charge in [0.2, 0.25) is 5.91 Å². The second-order valence-electron chi connectivity index (χ2n) is 6.06. The molecule has 1 N–H and O–H groups in total. The molecule has 118 valence electrons. The van der Waals surface area contributed by atoms with Crippen LogP contribution in [0.15, 0.2) is 29.6 Å². The summed E-state index contributed by atoms with van der Waals surface area (Å²) < 4.78 is 0. The van der Waals surface area contributed by atoms with E-state index < -0.39 is 5.41 Å². The van der Waals surface area contributed by atoms with E-state index in [0.29, 0.717) is 18.0 Å². The zero-order chi connectivity index (χ0) is 16.3. The fraction of sp³-hybridized carbons (Fsp3) is 0.389. The Morgan fingerprint density at radius 1 is 1.30 bits per heavy atom. The van der Waals surface area contributed by atoms with E-state index in [2.05, 4.69) is 16.4 Å². The normalized spacial score (nSPS) is 16.5. The summed E-state index contributed by atoms with van der Waals surface area (Å²) in [6, 6.07) is 10.3. The molecule has 0 bridgehead atoms. The number of carbonyl (C=O) groups excluding carboxylic acids is 1. The molecule has 0 unspecified atom stereocenters. The summed E-state index contributed by atoms with van der Waals surface area (Å²) in [6.07, 6.45) is 4.27. The molecule has 1 aromatic heterocycles. The zero-order valence-electron chi connectivity index (χ0n) is 13.1. The topological polar surface area (TPSA) is 65.8 Å². The van der Waals surface area contributed by atoms with Gasteiger partial charge >= 0.3 is 0 Å². The van der Waals surface area contributed by atoms with Crippen LogP contribution in [0.4, 0.5) is 5.13 Å². The Bertz CT molecular complexity index is 754. The summed E-state index contributed by atoms with van der Waals surface area (Å²) in [4.78, 5) is 17.1. The molecule has 5 heteroatoms. The molecule has 0 spiro atoms. The first kappa shape index (κ1) is 15.7. The number of hydrogen-bond donors (Lipinski definition) is 1. The van der Waals surface area contributed by atoms with E-state index in [4.69, 9.17) is 0 Å². The Balaban J connectivity index is 1.78. The lowest BCUT2D eigenvalue weighted by molar-refractivity contribution is -0.124. The number of aryl methyl sites for hydroxylation is 1. The van der Waals surface area contributed by atoms with Crippen LogP contribution in [0.2, 0.25) is 0 Å². The van der Waals surface area contributed by atoms with Gasteiger partial charge in [-0.1, -0.05) is 43.5 Å². The van der Waals surface area contributed by atoms with E-state index in [0.717, 1.165) is 36.1 Å². The highest BCUT2D eigenvalue weighted by molar-refractivity contribution is 7.14. The Kier molecular flexibility index (Phi) is 4.44. The van der Waals surface area contributed by atoms with Crippen molar-refractivity contribution in [2.24, 2.45) is 5.41 Å². The van der Waals surface area contributed by atoms with Gasteiger partial charge in [-0.05, 0) is 25.3 Å². The number of rotatable bonds is 3. The number of thiazole rings is 1. The SMILES string of the molecule is Cc1ccccc1-c1csc(NC(=O)C2(C#N)CCCCC2)n1. The molecule has 4 nitrogen and oxygen atoms in total. The molecule has 1 fully saturated rings. The van der Waals surface area contributed by atoms with Gasteiger partial charge in [0.25, 0.3) is 0 Å². The maximum Gasteiger partial charge on any atom is 0.246 e. The number of nitrogens with one attached hydrogen (secondary N) is 1. The van der Waals surface area contributed by atoms with Gasteiger partial charge in [-0.25, -0.2) is 4.98 Å². The third kappa shape index (κ3) is 3.13. The number of anilines is 1. The molecule has 1 aromatic carbocycles. The fourth-order valence-electron chi connectivity index (χ4n) is 3.08. The van der Waals surface area contributed by atoms with Crippen molar-refractivity contribution in [3.8, 4) is 17.3 Å². The quantitative estimate of drug-likeness (QED) is 0.901. The lowest BCUT2D eigenvalue weighted by atomic mass is 9.74. The van der Waals surface area contributed by atoms with Crippen LogP contribution in [-0.2, 0) is 4.79 Å². The average Bonchev–Trinajstić information content (AvgIpc) is 3.04. The summed E-state index contributed by atoms with van der Waals surface area (Å²) in [5.41, 5.74) is 2.19. The highest BCUT2D eigenvalue weighted by Crippen LogP contribution is 2.37. The highest BCUT2D eigenvalue weighted by atomic mass is 32.1. The van der Waals surface area contributed by atoms with Crippen LogP contribution >= 0.6 is 11.3 Å². The van der Waals surface area contributed by atoms with Crippen LogP contribution in [0.1, 0.15) is 37.7 Å². The Labute approximate surface area is 140 Å². The molecular weight excluding hydrogens is 306 g/mol. The molecule has 3 rings (SSSR count). The Morgan fingerprint density at radius 3 is 2.74 bits per heavy atom. The van der Waals surface area contributed by atoms with Crippen molar-refractivity contribution in [3.63, 3.8) is 0 Å². The van der Waals surface area contributed by atoms with Gasteiger partial charge in [-0.3, -0.25) is 4.79 Å². The fourth-order valence-corrected chi connectivity index (χ4v) is 3.78. The third-order valence-electron chi connectivity index (χ3n) is 4.50. The third-order valence-corrected chi connectivity index (χ3v) is 5.26. The van der Waals surface area contributed by atoms with Gasteiger partial charge in [-0.2, -0.15) is 5.26 Å². The first-order valence-electron chi connectivity index (χ1n) is 7.89. The number of nitrogens with zero attached hydrogens (tertiary/aromatic N) is 2. The standard InChI is InChI=1S/C18H19N3OS/c1-13-7-3-4-8-14(13)15-11-23-17(20-15)21-16(22)18(12-19)9-5-2-6-10-18/h3-4,7-8,11H,2,5-6,9-10H2,1H3,(H,20,21,22). The van der Waals surface area contributed by atoms with Gasteiger partial charge in [0.05, 0.1) is 11.8 Å². The van der Waals surface area contributed by atoms with Crippen molar-refractivity contribution < 1.29 is 4.79 Å². The first-order valence-corrected chi connectivity index (χ1v) is 8.77. The van der Waals surface area contributed by atoms with E-state index in [1.165, 1.54) is 11.3 Å². The predicted molar refractivity (Wildman–Crippen MR) is 92.0 cm³/mol. The van der Waals surface area contributed by atoms with Crippen LogP contribution in [0.3, 0.4) is 0 Å². The second kappa shape index (κ2) is 6.51.